The first kappa shape index (κ1) is 16.2. The van der Waals surface area contributed by atoms with Crippen LogP contribution in [0.5, 0.6) is 0 Å². The minimum absolute atomic E-state index is 0.157. The number of carbonyl (C=O) groups excluding carboxylic acids is 1. The summed E-state index contributed by atoms with van der Waals surface area (Å²) in [6.07, 6.45) is 0. The van der Waals surface area contributed by atoms with Gasteiger partial charge in [0.15, 0.2) is 0 Å². The molecule has 0 fully saturated rings. The molecule has 1 aromatic rings. The predicted octanol–water partition coefficient (Wildman–Crippen LogP) is 1.98. The number of hydrogen-bond donors (Lipinski definition) is 2. The topological polar surface area (TPSA) is 32.8 Å². The van der Waals surface area contributed by atoms with Crippen molar-refractivity contribution < 1.29 is 9.53 Å². The van der Waals surface area contributed by atoms with Gasteiger partial charge in [0, 0.05) is 26.3 Å². The summed E-state index contributed by atoms with van der Waals surface area (Å²) in [5.74, 6) is -0.313. The second-order valence-electron chi connectivity index (χ2n) is 4.41. The van der Waals surface area contributed by atoms with E-state index in [-0.39, 0.29) is 10.7 Å². The average molecular weight is 300 g/mol. The van der Waals surface area contributed by atoms with Crippen LogP contribution >= 0.6 is 25.3 Å². The molecule has 1 aromatic carbocycles. The van der Waals surface area contributed by atoms with Gasteiger partial charge in [-0.05, 0) is 25.2 Å². The van der Waals surface area contributed by atoms with Gasteiger partial charge in [0.1, 0.15) is 6.61 Å². The molecule has 0 aliphatic carbocycles. The van der Waals surface area contributed by atoms with Gasteiger partial charge >= 0.3 is 5.97 Å². The van der Waals surface area contributed by atoms with Gasteiger partial charge in [0.05, 0.1) is 10.3 Å². The number of nitrogens with zero attached hydrogens (tertiary/aromatic N) is 2. The van der Waals surface area contributed by atoms with Gasteiger partial charge < -0.3 is 9.64 Å². The zero-order valence-electron chi connectivity index (χ0n) is 11.4. The van der Waals surface area contributed by atoms with Gasteiger partial charge in [-0.15, -0.1) is 25.3 Å². The molecule has 0 saturated heterocycles. The van der Waals surface area contributed by atoms with Crippen molar-refractivity contribution in [2.24, 2.45) is 0 Å². The first-order valence-corrected chi connectivity index (χ1v) is 6.96. The fourth-order valence-corrected chi connectivity index (χ4v) is 1.62. The molecule has 0 aliphatic rings. The number of anilines is 1. The van der Waals surface area contributed by atoms with Crippen LogP contribution in [0.25, 0.3) is 0 Å². The number of hydrogen-bond acceptors (Lipinski definition) is 6. The van der Waals surface area contributed by atoms with Crippen molar-refractivity contribution in [1.29, 1.82) is 0 Å². The van der Waals surface area contributed by atoms with Crippen LogP contribution in [-0.4, -0.2) is 49.9 Å². The summed E-state index contributed by atoms with van der Waals surface area (Å²) in [6, 6.07) is 7.34. The Morgan fingerprint density at radius 3 is 2.58 bits per heavy atom. The molecule has 0 saturated carbocycles. The highest BCUT2D eigenvalue weighted by atomic mass is 32.2. The van der Waals surface area contributed by atoms with Crippen molar-refractivity contribution >= 4 is 36.9 Å². The van der Waals surface area contributed by atoms with Crippen LogP contribution in [0, 0.1) is 0 Å². The van der Waals surface area contributed by atoms with E-state index in [0.29, 0.717) is 18.7 Å². The van der Waals surface area contributed by atoms with E-state index in [2.05, 4.69) is 25.3 Å². The van der Waals surface area contributed by atoms with E-state index in [0.717, 1.165) is 5.69 Å². The quantitative estimate of drug-likeness (QED) is 0.478. The molecule has 0 aromatic heterocycles. The molecule has 0 unspecified atom stereocenters. The second-order valence-corrected chi connectivity index (χ2v) is 5.79. The fourth-order valence-electron chi connectivity index (χ4n) is 1.39. The molecule has 4 nitrogen and oxygen atoms in total. The third-order valence-electron chi connectivity index (χ3n) is 2.67. The standard InChI is InChI=1S/C13H20N2O2S2/c1-14(2)11-6-4-5-10(9-11)12(16)17-8-7-15(3)13(18)19/h4-6,9,13,18-19H,7-8H2,1-3H3. The Morgan fingerprint density at radius 1 is 1.32 bits per heavy atom. The lowest BCUT2D eigenvalue weighted by molar-refractivity contribution is 0.0477. The molecule has 106 valence electrons. The fraction of sp³-hybridized carbons (Fsp3) is 0.462. The van der Waals surface area contributed by atoms with E-state index in [1.807, 2.05) is 49.1 Å². The van der Waals surface area contributed by atoms with Gasteiger partial charge in [0.2, 0.25) is 0 Å². The van der Waals surface area contributed by atoms with E-state index >= 15 is 0 Å². The maximum atomic E-state index is 11.9. The summed E-state index contributed by atoms with van der Waals surface area (Å²) < 4.78 is 5.06. The minimum Gasteiger partial charge on any atom is -0.461 e. The Morgan fingerprint density at radius 2 is 2.00 bits per heavy atom. The van der Waals surface area contributed by atoms with Gasteiger partial charge in [-0.25, -0.2) is 4.79 Å². The number of ether oxygens (including phenoxy) is 1. The van der Waals surface area contributed by atoms with Crippen LogP contribution in [0.2, 0.25) is 0 Å². The zero-order chi connectivity index (χ0) is 14.4. The second kappa shape index (κ2) is 7.67. The van der Waals surface area contributed by atoms with Crippen molar-refractivity contribution in [3.63, 3.8) is 0 Å². The Hall–Kier alpha value is -0.850. The number of rotatable bonds is 6. The summed E-state index contributed by atoms with van der Waals surface area (Å²) in [7, 11) is 5.73. The molecule has 19 heavy (non-hydrogen) atoms. The molecule has 0 aliphatic heterocycles. The Balaban J connectivity index is 2.52. The third-order valence-corrected chi connectivity index (χ3v) is 3.46. The van der Waals surface area contributed by atoms with E-state index in [1.54, 1.807) is 6.07 Å². The molecule has 0 spiro atoms. The lowest BCUT2D eigenvalue weighted by Crippen LogP contribution is -2.27. The molecular formula is C13H20N2O2S2. The number of carbonyl (C=O) groups is 1. The Kier molecular flexibility index (Phi) is 6.54. The van der Waals surface area contributed by atoms with Crippen LogP contribution in [0.4, 0.5) is 5.69 Å². The molecule has 1 rings (SSSR count). The van der Waals surface area contributed by atoms with Crippen LogP contribution < -0.4 is 4.90 Å². The maximum Gasteiger partial charge on any atom is 0.338 e. The van der Waals surface area contributed by atoms with E-state index in [4.69, 9.17) is 4.74 Å². The Labute approximate surface area is 125 Å². The van der Waals surface area contributed by atoms with Crippen LogP contribution in [0.1, 0.15) is 10.4 Å². The molecule has 0 heterocycles. The highest BCUT2D eigenvalue weighted by Crippen LogP contribution is 2.14. The number of benzene rings is 1. The molecule has 6 heteroatoms. The molecular weight excluding hydrogens is 280 g/mol. The Bertz CT molecular complexity index is 425. The summed E-state index contributed by atoms with van der Waals surface area (Å²) in [5.41, 5.74) is 1.53. The van der Waals surface area contributed by atoms with Crippen molar-refractivity contribution in [3.05, 3.63) is 29.8 Å². The maximum absolute atomic E-state index is 11.9. The van der Waals surface area contributed by atoms with Crippen molar-refractivity contribution in [2.45, 2.75) is 4.71 Å². The first-order valence-electron chi connectivity index (χ1n) is 5.92. The van der Waals surface area contributed by atoms with Crippen LogP contribution in [0.15, 0.2) is 24.3 Å². The predicted molar refractivity (Wildman–Crippen MR) is 85.4 cm³/mol. The monoisotopic (exact) mass is 300 g/mol. The minimum atomic E-state index is -0.313. The first-order chi connectivity index (χ1) is 8.91. The van der Waals surface area contributed by atoms with Crippen molar-refractivity contribution in [3.8, 4) is 0 Å². The molecule has 0 radical (unpaired) electrons. The number of esters is 1. The normalized spacial score (nSPS) is 10.9. The lowest BCUT2D eigenvalue weighted by atomic mass is 10.2. The summed E-state index contributed by atoms with van der Waals surface area (Å²) in [6.45, 7) is 0.913. The zero-order valence-corrected chi connectivity index (χ0v) is 13.2. The SMILES string of the molecule is CN(C)c1cccc(C(=O)OCCN(C)C(S)S)c1. The molecule has 0 N–H and O–H groups in total. The van der Waals surface area contributed by atoms with Gasteiger partial charge in [-0.3, -0.25) is 4.90 Å². The average Bonchev–Trinajstić information content (AvgIpc) is 2.38. The third kappa shape index (κ3) is 5.34. The van der Waals surface area contributed by atoms with E-state index in [9.17, 15) is 4.79 Å². The largest absolute Gasteiger partial charge is 0.461 e. The summed E-state index contributed by atoms with van der Waals surface area (Å²) in [4.78, 5) is 15.7. The smallest absolute Gasteiger partial charge is 0.338 e. The summed E-state index contributed by atoms with van der Waals surface area (Å²) >= 11 is 8.34. The lowest BCUT2D eigenvalue weighted by Gasteiger charge is -2.19. The van der Waals surface area contributed by atoms with E-state index in [1.165, 1.54) is 0 Å². The van der Waals surface area contributed by atoms with Crippen LogP contribution in [0.3, 0.4) is 0 Å². The van der Waals surface area contributed by atoms with Crippen molar-refractivity contribution in [2.75, 3.05) is 39.2 Å². The van der Waals surface area contributed by atoms with Crippen LogP contribution in [-0.2, 0) is 4.74 Å². The van der Waals surface area contributed by atoms with E-state index < -0.39 is 0 Å². The molecule has 0 amide bonds. The van der Waals surface area contributed by atoms with Gasteiger partial charge in [-0.1, -0.05) is 6.07 Å². The number of likely N-dealkylation sites (N-methyl/N-ethyl adjacent to an activating group) is 1. The number of thiol groups is 2. The van der Waals surface area contributed by atoms with Crippen molar-refractivity contribution in [1.82, 2.24) is 4.90 Å². The summed E-state index contributed by atoms with van der Waals surface area (Å²) in [5, 5.41) is 0. The molecule has 0 atom stereocenters. The van der Waals surface area contributed by atoms with Gasteiger partial charge in [0.25, 0.3) is 0 Å². The highest BCUT2D eigenvalue weighted by molar-refractivity contribution is 7.99. The highest BCUT2D eigenvalue weighted by Gasteiger charge is 2.10. The molecule has 0 bridgehead atoms. The van der Waals surface area contributed by atoms with Gasteiger partial charge in [-0.2, -0.15) is 0 Å².